The lowest BCUT2D eigenvalue weighted by Gasteiger charge is -2.33. The van der Waals surface area contributed by atoms with Crippen molar-refractivity contribution in [3.05, 3.63) is 65.7 Å². The number of methoxy groups -OCH3 is 1. The maximum absolute atomic E-state index is 13.0. The molecule has 0 radical (unpaired) electrons. The maximum atomic E-state index is 13.0. The van der Waals surface area contributed by atoms with Crippen LogP contribution in [0.25, 0.3) is 0 Å². The van der Waals surface area contributed by atoms with E-state index in [2.05, 4.69) is 29.8 Å². The molecule has 9 heteroatoms. The highest BCUT2D eigenvalue weighted by Crippen LogP contribution is 2.13. The van der Waals surface area contributed by atoms with Crippen molar-refractivity contribution in [2.75, 3.05) is 20.2 Å². The Morgan fingerprint density at radius 2 is 1.56 bits per heavy atom. The van der Waals surface area contributed by atoms with E-state index in [1.807, 2.05) is 75.4 Å². The van der Waals surface area contributed by atoms with Gasteiger partial charge in [-0.1, -0.05) is 56.3 Å². The average Bonchev–Trinajstić information content (AvgIpc) is 2.92. The van der Waals surface area contributed by atoms with Gasteiger partial charge < -0.3 is 30.7 Å². The van der Waals surface area contributed by atoms with Crippen molar-refractivity contribution in [3.63, 3.8) is 0 Å². The molecule has 4 N–H and O–H groups in total. The third kappa shape index (κ3) is 13.5. The Kier molecular flexibility index (Phi) is 13.6. The molecular weight excluding hydrogens is 520 g/mol. The molecule has 0 unspecified atom stereocenters. The number of ether oxygens (including phenoxy) is 1. The predicted molar refractivity (Wildman–Crippen MR) is 161 cm³/mol. The molecule has 0 aliphatic carbocycles. The lowest BCUT2D eigenvalue weighted by Crippen LogP contribution is -2.54. The smallest absolute Gasteiger partial charge is 0.317 e. The summed E-state index contributed by atoms with van der Waals surface area (Å²) in [5.41, 5.74) is 1.44. The molecule has 2 atom stereocenters. The van der Waals surface area contributed by atoms with Crippen LogP contribution in [0.4, 0.5) is 4.79 Å². The van der Waals surface area contributed by atoms with Crippen molar-refractivity contribution in [1.29, 1.82) is 0 Å². The first-order valence-electron chi connectivity index (χ1n) is 14.3. The standard InChI is InChI=1S/C32H48N4O5/c1-23(2)18-19-36(31(40)35-32(3,4)5)22-28(37)27(20-24-10-8-7-9-11-24)34-30(39)17-16-29(38)33-21-25-12-14-26(41-6)15-13-25/h7-15,23,27-28,37H,16-22H2,1-6H3,(H,33,38)(H,34,39)(H,35,40)/t27-,28+/m0/s1. The third-order valence-electron chi connectivity index (χ3n) is 6.49. The van der Waals surface area contributed by atoms with Crippen LogP contribution < -0.4 is 20.7 Å². The minimum atomic E-state index is -1.01. The van der Waals surface area contributed by atoms with Crippen LogP contribution in [0, 0.1) is 5.92 Å². The topological polar surface area (TPSA) is 120 Å². The zero-order valence-corrected chi connectivity index (χ0v) is 25.4. The first kappa shape index (κ1) is 33.6. The minimum Gasteiger partial charge on any atom is -0.497 e. The molecule has 0 saturated carbocycles. The second-order valence-corrected chi connectivity index (χ2v) is 11.9. The number of carbonyl (C=O) groups is 3. The number of carbonyl (C=O) groups excluding carboxylic acids is 3. The first-order chi connectivity index (χ1) is 19.4. The Hall–Kier alpha value is -3.59. The van der Waals surface area contributed by atoms with Crippen LogP contribution in [0.1, 0.15) is 65.0 Å². The summed E-state index contributed by atoms with van der Waals surface area (Å²) >= 11 is 0. The van der Waals surface area contributed by atoms with E-state index < -0.39 is 17.7 Å². The number of aliphatic hydroxyl groups excluding tert-OH is 1. The Morgan fingerprint density at radius 3 is 2.15 bits per heavy atom. The van der Waals surface area contributed by atoms with Gasteiger partial charge in [-0.3, -0.25) is 9.59 Å². The molecule has 0 fully saturated rings. The summed E-state index contributed by atoms with van der Waals surface area (Å²) in [6.45, 7) is 10.8. The van der Waals surface area contributed by atoms with Gasteiger partial charge in [-0.2, -0.15) is 0 Å². The number of nitrogens with one attached hydrogen (secondary N) is 3. The second kappa shape index (κ2) is 16.6. The van der Waals surface area contributed by atoms with Crippen LogP contribution >= 0.6 is 0 Å². The Labute approximate surface area is 245 Å². The van der Waals surface area contributed by atoms with Gasteiger partial charge in [0.2, 0.25) is 11.8 Å². The predicted octanol–water partition coefficient (Wildman–Crippen LogP) is 4.04. The highest BCUT2D eigenvalue weighted by Gasteiger charge is 2.28. The largest absolute Gasteiger partial charge is 0.497 e. The summed E-state index contributed by atoms with van der Waals surface area (Å²) < 4.78 is 5.15. The zero-order chi connectivity index (χ0) is 30.4. The molecule has 0 spiro atoms. The fraction of sp³-hybridized carbons (Fsp3) is 0.531. The average molecular weight is 569 g/mol. The fourth-order valence-corrected chi connectivity index (χ4v) is 4.13. The number of aliphatic hydroxyl groups is 1. The van der Waals surface area contributed by atoms with Gasteiger partial charge in [0.25, 0.3) is 0 Å². The molecule has 41 heavy (non-hydrogen) atoms. The highest BCUT2D eigenvalue weighted by molar-refractivity contribution is 5.83. The van der Waals surface area contributed by atoms with E-state index in [0.717, 1.165) is 23.3 Å². The van der Waals surface area contributed by atoms with E-state index in [9.17, 15) is 19.5 Å². The summed E-state index contributed by atoms with van der Waals surface area (Å²) in [6.07, 6.45) is 0.154. The SMILES string of the molecule is COc1ccc(CNC(=O)CCC(=O)N[C@@H](Cc2ccccc2)[C@H](O)CN(CCC(C)C)C(=O)NC(C)(C)C)cc1. The van der Waals surface area contributed by atoms with Crippen LogP contribution in [-0.2, 0) is 22.6 Å². The van der Waals surface area contributed by atoms with Crippen molar-refractivity contribution in [2.45, 2.75) is 84.5 Å². The van der Waals surface area contributed by atoms with Crippen LogP contribution in [0.3, 0.4) is 0 Å². The van der Waals surface area contributed by atoms with Gasteiger partial charge in [-0.15, -0.1) is 0 Å². The number of benzene rings is 2. The molecule has 0 aliphatic heterocycles. The number of hydrogen-bond donors (Lipinski definition) is 4. The van der Waals surface area contributed by atoms with Crippen molar-refractivity contribution >= 4 is 17.8 Å². The van der Waals surface area contributed by atoms with E-state index in [1.165, 1.54) is 0 Å². The Bertz CT molecular complexity index is 1080. The molecule has 4 amide bonds. The van der Waals surface area contributed by atoms with Gasteiger partial charge in [-0.25, -0.2) is 4.79 Å². The van der Waals surface area contributed by atoms with Gasteiger partial charge in [0.1, 0.15) is 5.75 Å². The van der Waals surface area contributed by atoms with Gasteiger partial charge in [0.15, 0.2) is 0 Å². The summed E-state index contributed by atoms with van der Waals surface area (Å²) in [6, 6.07) is 16.1. The van der Waals surface area contributed by atoms with Crippen molar-refractivity contribution < 1.29 is 24.2 Å². The molecule has 0 heterocycles. The minimum absolute atomic E-state index is 0.0185. The summed E-state index contributed by atoms with van der Waals surface area (Å²) in [5.74, 6) is 0.543. The monoisotopic (exact) mass is 568 g/mol. The first-order valence-corrected chi connectivity index (χ1v) is 14.3. The van der Waals surface area contributed by atoms with Crippen LogP contribution in [0.2, 0.25) is 0 Å². The number of urea groups is 1. The zero-order valence-electron chi connectivity index (χ0n) is 25.4. The molecule has 2 aromatic carbocycles. The number of hydrogen-bond acceptors (Lipinski definition) is 5. The van der Waals surface area contributed by atoms with Gasteiger partial charge in [-0.05, 0) is 62.8 Å². The van der Waals surface area contributed by atoms with E-state index >= 15 is 0 Å². The number of rotatable bonds is 15. The molecular formula is C32H48N4O5. The highest BCUT2D eigenvalue weighted by atomic mass is 16.5. The lowest BCUT2D eigenvalue weighted by atomic mass is 10.00. The van der Waals surface area contributed by atoms with Gasteiger partial charge >= 0.3 is 6.03 Å². The molecule has 9 nitrogen and oxygen atoms in total. The molecule has 0 saturated heterocycles. The van der Waals surface area contributed by atoms with E-state index in [0.29, 0.717) is 25.4 Å². The molecule has 0 aromatic heterocycles. The lowest BCUT2D eigenvalue weighted by molar-refractivity contribution is -0.127. The third-order valence-corrected chi connectivity index (χ3v) is 6.49. The van der Waals surface area contributed by atoms with Crippen molar-refractivity contribution in [2.24, 2.45) is 5.92 Å². The quantitative estimate of drug-likeness (QED) is 0.259. The molecule has 0 aliphatic rings. The molecule has 0 bridgehead atoms. The van der Waals surface area contributed by atoms with E-state index in [4.69, 9.17) is 4.74 Å². The van der Waals surface area contributed by atoms with Crippen LogP contribution in [0.15, 0.2) is 54.6 Å². The summed E-state index contributed by atoms with van der Waals surface area (Å²) in [7, 11) is 1.60. The van der Waals surface area contributed by atoms with E-state index in [-0.39, 0.29) is 37.2 Å². The molecule has 2 rings (SSSR count). The van der Waals surface area contributed by atoms with Gasteiger partial charge in [0.05, 0.1) is 25.8 Å². The van der Waals surface area contributed by atoms with E-state index in [1.54, 1.807) is 12.0 Å². The normalized spacial score (nSPS) is 12.8. The van der Waals surface area contributed by atoms with Crippen molar-refractivity contribution in [1.82, 2.24) is 20.9 Å². The van der Waals surface area contributed by atoms with Crippen LogP contribution in [-0.4, -0.2) is 65.7 Å². The summed E-state index contributed by atoms with van der Waals surface area (Å²) in [5, 5.41) is 20.0. The van der Waals surface area contributed by atoms with Gasteiger partial charge in [0, 0.05) is 31.5 Å². The fourth-order valence-electron chi connectivity index (χ4n) is 4.13. The molecule has 2 aromatic rings. The Morgan fingerprint density at radius 1 is 0.927 bits per heavy atom. The maximum Gasteiger partial charge on any atom is 0.317 e. The summed E-state index contributed by atoms with van der Waals surface area (Å²) in [4.78, 5) is 40.0. The van der Waals surface area contributed by atoms with Crippen molar-refractivity contribution in [3.8, 4) is 5.75 Å². The second-order valence-electron chi connectivity index (χ2n) is 11.9. The number of amides is 4. The Balaban J connectivity index is 2.02. The van der Waals surface area contributed by atoms with Crippen LogP contribution in [0.5, 0.6) is 5.75 Å². The number of nitrogens with zero attached hydrogens (tertiary/aromatic N) is 1. The molecule has 226 valence electrons.